The lowest BCUT2D eigenvalue weighted by molar-refractivity contribution is 0.0386. The molecule has 0 atom stereocenters. The van der Waals surface area contributed by atoms with Gasteiger partial charge in [0, 0.05) is 0 Å². The molecule has 2 aliphatic rings. The summed E-state index contributed by atoms with van der Waals surface area (Å²) in [5, 5.41) is 18.8. The predicted octanol–water partition coefficient (Wildman–Crippen LogP) is 2.14. The van der Waals surface area contributed by atoms with Crippen molar-refractivity contribution in [3.8, 4) is 0 Å². The Morgan fingerprint density at radius 3 is 1.24 bits per heavy atom. The summed E-state index contributed by atoms with van der Waals surface area (Å²) < 4.78 is 15.3. The fourth-order valence-electron chi connectivity index (χ4n) is 3.34. The van der Waals surface area contributed by atoms with Gasteiger partial charge in [0.15, 0.2) is 0 Å². The zero-order chi connectivity index (χ0) is 20.7. The number of carbonyl (C=O) groups excluding carboxylic acids is 2. The molecule has 0 unspecified atom stereocenters. The van der Waals surface area contributed by atoms with Crippen LogP contribution >= 0.6 is 0 Å². The molecule has 0 radical (unpaired) electrons. The lowest BCUT2D eigenvalue weighted by Gasteiger charge is -2.10. The Morgan fingerprint density at radius 2 is 0.931 bits per heavy atom. The summed E-state index contributed by atoms with van der Waals surface area (Å²) in [5.41, 5.74) is 1.24. The van der Waals surface area contributed by atoms with Crippen molar-refractivity contribution < 1.29 is 43.6 Å². The van der Waals surface area contributed by atoms with Gasteiger partial charge in [0.05, 0.1) is 48.7 Å². The first kappa shape index (κ1) is 18.8. The topological polar surface area (TPSA) is 136 Å². The van der Waals surface area contributed by atoms with Crippen LogP contribution < -0.4 is 0 Å². The number of hydrogen-bond donors (Lipinski definition) is 2. The Kier molecular flexibility index (Phi) is 4.61. The number of ether oxygens (including phenoxy) is 3. The average Bonchev–Trinajstić information content (AvgIpc) is 3.33. The Bertz CT molecular complexity index is 998. The minimum atomic E-state index is -1.36. The Balaban J connectivity index is 1.67. The van der Waals surface area contributed by atoms with E-state index in [-0.39, 0.29) is 48.7 Å². The fourth-order valence-corrected chi connectivity index (χ4v) is 3.34. The van der Waals surface area contributed by atoms with Crippen molar-refractivity contribution in [1.29, 1.82) is 0 Å². The summed E-state index contributed by atoms with van der Waals surface area (Å²) in [7, 11) is 0. The molecule has 2 aromatic rings. The van der Waals surface area contributed by atoms with E-state index in [9.17, 15) is 29.4 Å². The molecule has 0 aliphatic carbocycles. The largest absolute Gasteiger partial charge is 0.478 e. The molecule has 4 rings (SSSR count). The van der Waals surface area contributed by atoms with Crippen molar-refractivity contribution in [3.63, 3.8) is 0 Å². The van der Waals surface area contributed by atoms with Crippen molar-refractivity contribution in [2.24, 2.45) is 0 Å². The molecule has 0 saturated carbocycles. The second-order valence-electron chi connectivity index (χ2n) is 6.61. The molecule has 29 heavy (non-hydrogen) atoms. The Labute approximate surface area is 163 Å². The Hall–Kier alpha value is -3.56. The van der Waals surface area contributed by atoms with E-state index in [2.05, 4.69) is 0 Å². The number of carbonyl (C=O) groups is 4. The molecule has 148 valence electrons. The maximum atomic E-state index is 12.5. The highest BCUT2D eigenvalue weighted by Crippen LogP contribution is 2.27. The molecule has 0 fully saturated rings. The molecular weight excluding hydrogens is 384 g/mol. The second-order valence-corrected chi connectivity index (χ2v) is 6.61. The second kappa shape index (κ2) is 7.12. The van der Waals surface area contributed by atoms with Gasteiger partial charge >= 0.3 is 23.9 Å². The summed E-state index contributed by atoms with van der Waals surface area (Å²) in [6.45, 7) is 0.862. The summed E-state index contributed by atoms with van der Waals surface area (Å²) >= 11 is 0. The molecule has 2 aromatic carbocycles. The van der Waals surface area contributed by atoms with Crippen LogP contribution in [0.3, 0.4) is 0 Å². The molecule has 0 saturated heterocycles. The van der Waals surface area contributed by atoms with Gasteiger partial charge in [-0.05, 0) is 46.5 Å². The number of esters is 2. The van der Waals surface area contributed by atoms with E-state index in [4.69, 9.17) is 14.2 Å². The van der Waals surface area contributed by atoms with Gasteiger partial charge in [-0.1, -0.05) is 0 Å². The van der Waals surface area contributed by atoms with E-state index in [1.807, 2.05) is 0 Å². The number of aromatic carboxylic acids is 2. The van der Waals surface area contributed by atoms with Gasteiger partial charge in [-0.3, -0.25) is 0 Å². The standard InChI is InChI=1S/C20H14O9/c21-17(22)13-1-9-5-27-7-11(9)3-15(13)19(25)29-20(26)16-4-12-8-28-6-10(12)2-14(16)18(23)24/h1-4H,5-8H2,(H,21,22)(H,23,24). The van der Waals surface area contributed by atoms with Gasteiger partial charge in [-0.2, -0.15) is 0 Å². The third-order valence-electron chi connectivity index (χ3n) is 4.80. The van der Waals surface area contributed by atoms with Crippen LogP contribution in [0.25, 0.3) is 0 Å². The lowest BCUT2D eigenvalue weighted by Crippen LogP contribution is -2.19. The van der Waals surface area contributed by atoms with Gasteiger partial charge in [-0.15, -0.1) is 0 Å². The molecule has 9 nitrogen and oxygen atoms in total. The van der Waals surface area contributed by atoms with Crippen LogP contribution in [0.2, 0.25) is 0 Å². The molecular formula is C20H14O9. The first-order valence-corrected chi connectivity index (χ1v) is 8.55. The maximum Gasteiger partial charge on any atom is 0.346 e. The normalized spacial score (nSPS) is 14.2. The zero-order valence-corrected chi connectivity index (χ0v) is 14.9. The van der Waals surface area contributed by atoms with Gasteiger partial charge in [0.25, 0.3) is 0 Å². The van der Waals surface area contributed by atoms with E-state index < -0.39 is 23.9 Å². The SMILES string of the molecule is O=C(O)c1cc2c(cc1C(=O)OC(=O)c1cc3c(cc1C(=O)O)COC3)COC2. The zero-order valence-electron chi connectivity index (χ0n) is 14.9. The van der Waals surface area contributed by atoms with Crippen LogP contribution in [0.5, 0.6) is 0 Å². The van der Waals surface area contributed by atoms with Crippen LogP contribution in [-0.2, 0) is 40.6 Å². The van der Waals surface area contributed by atoms with Crippen LogP contribution in [0.15, 0.2) is 24.3 Å². The van der Waals surface area contributed by atoms with E-state index in [1.54, 1.807) is 0 Å². The summed E-state index contributed by atoms with van der Waals surface area (Å²) in [4.78, 5) is 48.2. The Morgan fingerprint density at radius 1 is 0.621 bits per heavy atom. The highest BCUT2D eigenvalue weighted by Gasteiger charge is 2.28. The van der Waals surface area contributed by atoms with Crippen molar-refractivity contribution in [2.75, 3.05) is 0 Å². The first-order valence-electron chi connectivity index (χ1n) is 8.55. The van der Waals surface area contributed by atoms with E-state index in [0.29, 0.717) is 22.3 Å². The predicted molar refractivity (Wildman–Crippen MR) is 93.5 cm³/mol. The van der Waals surface area contributed by atoms with Crippen molar-refractivity contribution >= 4 is 23.9 Å². The summed E-state index contributed by atoms with van der Waals surface area (Å²) in [6.07, 6.45) is 0. The highest BCUT2D eigenvalue weighted by atomic mass is 16.6. The molecule has 2 N–H and O–H groups in total. The van der Waals surface area contributed by atoms with Gasteiger partial charge < -0.3 is 24.4 Å². The maximum absolute atomic E-state index is 12.5. The summed E-state index contributed by atoms with van der Waals surface area (Å²) in [5.74, 6) is -5.09. The molecule has 0 spiro atoms. The van der Waals surface area contributed by atoms with Crippen molar-refractivity contribution in [1.82, 2.24) is 0 Å². The molecule has 0 aromatic heterocycles. The number of carboxylic acid groups (broad SMARTS) is 2. The number of rotatable bonds is 4. The van der Waals surface area contributed by atoms with E-state index in [0.717, 1.165) is 0 Å². The van der Waals surface area contributed by atoms with E-state index >= 15 is 0 Å². The minimum absolute atomic E-state index is 0.206. The monoisotopic (exact) mass is 398 g/mol. The minimum Gasteiger partial charge on any atom is -0.478 e. The third kappa shape index (κ3) is 3.37. The lowest BCUT2D eigenvalue weighted by atomic mass is 9.99. The van der Waals surface area contributed by atoms with Crippen LogP contribution in [0.1, 0.15) is 63.7 Å². The van der Waals surface area contributed by atoms with E-state index in [1.165, 1.54) is 24.3 Å². The number of fused-ring (bicyclic) bond motifs is 2. The smallest absolute Gasteiger partial charge is 0.346 e. The molecule has 0 amide bonds. The quantitative estimate of drug-likeness (QED) is 0.586. The third-order valence-corrected chi connectivity index (χ3v) is 4.80. The highest BCUT2D eigenvalue weighted by molar-refractivity contribution is 6.10. The van der Waals surface area contributed by atoms with Crippen LogP contribution in [0.4, 0.5) is 0 Å². The first-order chi connectivity index (χ1) is 13.8. The van der Waals surface area contributed by atoms with Crippen LogP contribution in [0, 0.1) is 0 Å². The van der Waals surface area contributed by atoms with Gasteiger partial charge in [0.2, 0.25) is 0 Å². The average molecular weight is 398 g/mol. The molecule has 0 bridgehead atoms. The number of benzene rings is 2. The van der Waals surface area contributed by atoms with Gasteiger partial charge in [0.1, 0.15) is 0 Å². The fraction of sp³-hybridized carbons (Fsp3) is 0.200. The number of carboxylic acids is 2. The summed E-state index contributed by atoms with van der Waals surface area (Å²) in [6, 6.07) is 5.24. The van der Waals surface area contributed by atoms with Crippen LogP contribution in [-0.4, -0.2) is 34.1 Å². The molecule has 2 heterocycles. The van der Waals surface area contributed by atoms with Gasteiger partial charge in [-0.25, -0.2) is 19.2 Å². The van der Waals surface area contributed by atoms with Crippen molar-refractivity contribution in [2.45, 2.75) is 26.4 Å². The number of hydrogen-bond acceptors (Lipinski definition) is 7. The molecule has 9 heteroatoms. The van der Waals surface area contributed by atoms with Crippen molar-refractivity contribution in [3.05, 3.63) is 68.8 Å². The molecule has 2 aliphatic heterocycles.